The van der Waals surface area contributed by atoms with Gasteiger partial charge in [-0.15, -0.1) is 0 Å². The normalized spacial score (nSPS) is 6.17. The van der Waals surface area contributed by atoms with E-state index >= 15 is 0 Å². The highest BCUT2D eigenvalue weighted by Crippen LogP contribution is 2.20. The van der Waals surface area contributed by atoms with Gasteiger partial charge in [-0.05, 0) is 44.0 Å². The van der Waals surface area contributed by atoms with Crippen molar-refractivity contribution in [3.63, 3.8) is 0 Å². The minimum Gasteiger partial charge on any atom is -0.269 e. The van der Waals surface area contributed by atoms with Gasteiger partial charge >= 0.3 is 0 Å². The van der Waals surface area contributed by atoms with Gasteiger partial charge in [0, 0.05) is 8.95 Å². The van der Waals surface area contributed by atoms with Crippen LogP contribution in [0.25, 0.3) is 0 Å². The third kappa shape index (κ3) is 6.60. The first-order chi connectivity index (χ1) is 3.80. The molecule has 0 heterocycles. The van der Waals surface area contributed by atoms with E-state index in [1.54, 1.807) is 0 Å². The third-order valence-corrected chi connectivity index (χ3v) is 2.74. The highest BCUT2D eigenvalue weighted by molar-refractivity contribution is 9.13. The molecule has 1 aromatic carbocycles. The van der Waals surface area contributed by atoms with Crippen LogP contribution in [0.4, 0.5) is 18.8 Å². The smallest absolute Gasteiger partial charge is 0.0317 e. The van der Waals surface area contributed by atoms with Gasteiger partial charge in [0.25, 0.3) is 0 Å². The predicted molar refractivity (Wildman–Crippen MR) is 51.9 cm³/mol. The van der Waals surface area contributed by atoms with Gasteiger partial charge in [0.1, 0.15) is 0 Å². The molecule has 0 saturated heterocycles. The van der Waals surface area contributed by atoms with E-state index in [9.17, 15) is 0 Å². The summed E-state index contributed by atoms with van der Waals surface area (Å²) >= 11 is 6.70. The molecule has 1 rings (SSSR count). The van der Waals surface area contributed by atoms with Gasteiger partial charge in [0.2, 0.25) is 0 Å². The molecule has 6 heteroatoms. The molecule has 12 heavy (non-hydrogen) atoms. The first kappa shape index (κ1) is 22.7. The van der Waals surface area contributed by atoms with Gasteiger partial charge in [0.05, 0.1) is 0 Å². The molecule has 0 saturated carbocycles. The minimum atomic E-state index is 0. The Labute approximate surface area is 84.1 Å². The SMILES string of the molecule is Brc1ccccc1Br.F.F.F.F. The fourth-order valence-electron chi connectivity index (χ4n) is 0.439. The van der Waals surface area contributed by atoms with Crippen molar-refractivity contribution in [3.8, 4) is 0 Å². The second kappa shape index (κ2) is 10.9. The minimum absolute atomic E-state index is 0. The molecule has 0 unspecified atom stereocenters. The molecule has 74 valence electrons. The van der Waals surface area contributed by atoms with Crippen molar-refractivity contribution >= 4 is 31.9 Å². The highest BCUT2D eigenvalue weighted by Gasteiger charge is 1.88. The van der Waals surface area contributed by atoms with Gasteiger partial charge in [-0.2, -0.15) is 0 Å². The van der Waals surface area contributed by atoms with Crippen molar-refractivity contribution < 1.29 is 18.8 Å². The second-order valence-corrected chi connectivity index (χ2v) is 3.12. The summed E-state index contributed by atoms with van der Waals surface area (Å²) in [4.78, 5) is 0. The third-order valence-electron chi connectivity index (χ3n) is 0.824. The zero-order valence-corrected chi connectivity index (χ0v) is 8.87. The van der Waals surface area contributed by atoms with Gasteiger partial charge in [-0.3, -0.25) is 18.8 Å². The maximum absolute atomic E-state index is 3.35. The van der Waals surface area contributed by atoms with Crippen LogP contribution in [0.5, 0.6) is 0 Å². The van der Waals surface area contributed by atoms with Gasteiger partial charge in [0.15, 0.2) is 0 Å². The van der Waals surface area contributed by atoms with E-state index in [4.69, 9.17) is 0 Å². The molecule has 0 radical (unpaired) electrons. The van der Waals surface area contributed by atoms with Crippen LogP contribution >= 0.6 is 31.9 Å². The van der Waals surface area contributed by atoms with Gasteiger partial charge in [-0.25, -0.2) is 0 Å². The summed E-state index contributed by atoms with van der Waals surface area (Å²) in [7, 11) is 0. The molecule has 0 aliphatic carbocycles. The fourth-order valence-corrected chi connectivity index (χ4v) is 1.01. The first-order valence-corrected chi connectivity index (χ1v) is 3.79. The second-order valence-electron chi connectivity index (χ2n) is 1.41. The molecule has 0 atom stereocenters. The van der Waals surface area contributed by atoms with Crippen molar-refractivity contribution in [1.82, 2.24) is 0 Å². The maximum Gasteiger partial charge on any atom is 0.0317 e. The zero-order chi connectivity index (χ0) is 5.98. The lowest BCUT2D eigenvalue weighted by Gasteiger charge is -1.89. The van der Waals surface area contributed by atoms with Crippen LogP contribution in [0.3, 0.4) is 0 Å². The number of hydrogen-bond acceptors (Lipinski definition) is 0. The monoisotopic (exact) mass is 314 g/mol. The van der Waals surface area contributed by atoms with E-state index in [2.05, 4.69) is 31.9 Å². The van der Waals surface area contributed by atoms with Crippen LogP contribution in [0.15, 0.2) is 33.2 Å². The van der Waals surface area contributed by atoms with Gasteiger partial charge < -0.3 is 0 Å². The molecule has 0 aromatic heterocycles. The molecular weight excluding hydrogens is 308 g/mol. The summed E-state index contributed by atoms with van der Waals surface area (Å²) < 4.78 is 2.19. The topological polar surface area (TPSA) is 0 Å². The Morgan fingerprint density at radius 1 is 0.667 bits per heavy atom. The Morgan fingerprint density at radius 3 is 1.08 bits per heavy atom. The van der Waals surface area contributed by atoms with Crippen LogP contribution in [-0.4, -0.2) is 0 Å². The zero-order valence-electron chi connectivity index (χ0n) is 5.70. The number of benzene rings is 1. The van der Waals surface area contributed by atoms with Crippen LogP contribution in [-0.2, 0) is 0 Å². The van der Waals surface area contributed by atoms with Crippen molar-refractivity contribution in [2.75, 3.05) is 0 Å². The van der Waals surface area contributed by atoms with Gasteiger partial charge in [-0.1, -0.05) is 12.1 Å². The molecule has 0 aliphatic heterocycles. The van der Waals surface area contributed by atoms with E-state index in [1.165, 1.54) is 0 Å². The quantitative estimate of drug-likeness (QED) is 0.638. The Hall–Kier alpha value is -0.100. The van der Waals surface area contributed by atoms with Crippen LogP contribution in [0.1, 0.15) is 0 Å². The molecule has 0 N–H and O–H groups in total. The lowest BCUT2D eigenvalue weighted by atomic mass is 10.4. The fraction of sp³-hybridized carbons (Fsp3) is 0. The maximum atomic E-state index is 3.35. The Morgan fingerprint density at radius 2 is 0.917 bits per heavy atom. The van der Waals surface area contributed by atoms with Crippen LogP contribution in [0.2, 0.25) is 0 Å². The van der Waals surface area contributed by atoms with Crippen LogP contribution < -0.4 is 0 Å². The first-order valence-electron chi connectivity index (χ1n) is 2.21. The predicted octanol–water partition coefficient (Wildman–Crippen LogP) is 3.82. The van der Waals surface area contributed by atoms with Crippen molar-refractivity contribution in [2.45, 2.75) is 0 Å². The molecule has 0 spiro atoms. The Balaban J connectivity index is -0.0000000800. The molecule has 1 aromatic rings. The number of halogens is 6. The Bertz CT molecular complexity index is 174. The highest BCUT2D eigenvalue weighted by atomic mass is 79.9. The van der Waals surface area contributed by atoms with Crippen molar-refractivity contribution in [2.24, 2.45) is 0 Å². The summed E-state index contributed by atoms with van der Waals surface area (Å²) in [5, 5.41) is 0. The summed E-state index contributed by atoms with van der Waals surface area (Å²) in [6.45, 7) is 0. The van der Waals surface area contributed by atoms with Crippen molar-refractivity contribution in [3.05, 3.63) is 33.2 Å². The average Bonchev–Trinajstić information content (AvgIpc) is 1.77. The van der Waals surface area contributed by atoms with E-state index in [0.717, 1.165) is 8.95 Å². The van der Waals surface area contributed by atoms with Crippen molar-refractivity contribution in [1.29, 1.82) is 0 Å². The molecule has 0 aliphatic rings. The molecule has 0 bridgehead atoms. The van der Waals surface area contributed by atoms with E-state index in [-0.39, 0.29) is 18.8 Å². The molecule has 0 nitrogen and oxygen atoms in total. The lowest BCUT2D eigenvalue weighted by molar-refractivity contribution is 1.11. The summed E-state index contributed by atoms with van der Waals surface area (Å²) in [6.07, 6.45) is 0. The standard InChI is InChI=1S/C6H4Br2.4FH/c7-5-3-1-2-4-6(5)8;;;;/h1-4H;4*1H. The molecule has 0 fully saturated rings. The number of hydrogen-bond donors (Lipinski definition) is 0. The largest absolute Gasteiger partial charge is 0.269 e. The molecule has 0 amide bonds. The summed E-state index contributed by atoms with van der Waals surface area (Å²) in [5.74, 6) is 0. The summed E-state index contributed by atoms with van der Waals surface area (Å²) in [5.41, 5.74) is 0. The van der Waals surface area contributed by atoms with E-state index < -0.39 is 0 Å². The lowest BCUT2D eigenvalue weighted by Crippen LogP contribution is -1.63. The Kier molecular flexibility index (Phi) is 20.6. The molecular formula is C6H8Br2F4. The summed E-state index contributed by atoms with van der Waals surface area (Å²) in [6, 6.07) is 7.94. The van der Waals surface area contributed by atoms with E-state index in [0.29, 0.717) is 0 Å². The van der Waals surface area contributed by atoms with E-state index in [1.807, 2.05) is 24.3 Å². The number of rotatable bonds is 0. The van der Waals surface area contributed by atoms with Crippen LogP contribution in [0, 0.1) is 0 Å². The average molecular weight is 316 g/mol.